The Morgan fingerprint density at radius 2 is 2.40 bits per heavy atom. The number of nitrogens with one attached hydrogen (secondary N) is 2. The topological polar surface area (TPSA) is 50.4 Å². The Morgan fingerprint density at radius 1 is 1.53 bits per heavy atom. The van der Waals surface area contributed by atoms with Gasteiger partial charge in [-0.05, 0) is 12.8 Å². The van der Waals surface area contributed by atoms with Crippen molar-refractivity contribution in [3.63, 3.8) is 0 Å². The van der Waals surface area contributed by atoms with Gasteiger partial charge in [-0.3, -0.25) is 4.79 Å². The molecule has 1 atom stereocenters. The lowest BCUT2D eigenvalue weighted by Gasteiger charge is -2.11. The molecule has 0 aromatic rings. The molecule has 0 saturated carbocycles. The van der Waals surface area contributed by atoms with Crippen LogP contribution in [-0.2, 0) is 9.53 Å². The quantitative estimate of drug-likeness (QED) is 0.584. The largest absolute Gasteiger partial charge is 0.380 e. The summed E-state index contributed by atoms with van der Waals surface area (Å²) in [5.74, 6) is 0.181. The molecule has 4 heteroatoms. The van der Waals surface area contributed by atoms with E-state index in [-0.39, 0.29) is 5.91 Å². The maximum absolute atomic E-state index is 10.9. The van der Waals surface area contributed by atoms with Gasteiger partial charge >= 0.3 is 0 Å². The summed E-state index contributed by atoms with van der Waals surface area (Å²) < 4.78 is 5.41. The lowest BCUT2D eigenvalue weighted by atomic mass is 10.2. The summed E-state index contributed by atoms with van der Waals surface area (Å²) in [5.41, 5.74) is 0. The van der Waals surface area contributed by atoms with Crippen molar-refractivity contribution in [3.05, 3.63) is 0 Å². The first kappa shape index (κ1) is 12.5. The Balaban J connectivity index is 1.83. The first-order chi connectivity index (χ1) is 7.33. The van der Waals surface area contributed by atoms with Crippen LogP contribution in [0.4, 0.5) is 0 Å². The highest BCUT2D eigenvalue weighted by Crippen LogP contribution is 2.04. The standard InChI is InChI=1S/C11H22N2O2/c1-2-3-7-15-8-6-12-9-10-4-5-11(14)13-10/h10,12H,2-9H2,1H3,(H,13,14). The van der Waals surface area contributed by atoms with Gasteiger partial charge in [-0.15, -0.1) is 0 Å². The molecular weight excluding hydrogens is 192 g/mol. The van der Waals surface area contributed by atoms with Crippen molar-refractivity contribution in [3.8, 4) is 0 Å². The van der Waals surface area contributed by atoms with E-state index in [0.29, 0.717) is 12.5 Å². The Hall–Kier alpha value is -0.610. The highest BCUT2D eigenvalue weighted by atomic mass is 16.5. The van der Waals surface area contributed by atoms with Gasteiger partial charge in [-0.2, -0.15) is 0 Å². The van der Waals surface area contributed by atoms with E-state index >= 15 is 0 Å². The van der Waals surface area contributed by atoms with Gasteiger partial charge in [-0.25, -0.2) is 0 Å². The minimum atomic E-state index is 0.181. The average molecular weight is 214 g/mol. The summed E-state index contributed by atoms with van der Waals surface area (Å²) in [5, 5.41) is 6.21. The van der Waals surface area contributed by atoms with Crippen LogP contribution in [0.25, 0.3) is 0 Å². The van der Waals surface area contributed by atoms with E-state index in [2.05, 4.69) is 17.6 Å². The zero-order valence-corrected chi connectivity index (χ0v) is 9.55. The molecule has 0 radical (unpaired) electrons. The first-order valence-electron chi connectivity index (χ1n) is 5.90. The van der Waals surface area contributed by atoms with E-state index in [0.717, 1.165) is 39.1 Å². The van der Waals surface area contributed by atoms with Gasteiger partial charge in [0.25, 0.3) is 0 Å². The first-order valence-corrected chi connectivity index (χ1v) is 5.90. The van der Waals surface area contributed by atoms with Gasteiger partial charge in [0, 0.05) is 32.2 Å². The fourth-order valence-corrected chi connectivity index (χ4v) is 1.60. The molecule has 1 fully saturated rings. The number of carbonyl (C=O) groups excluding carboxylic acids is 1. The number of carbonyl (C=O) groups is 1. The number of hydrogen-bond donors (Lipinski definition) is 2. The van der Waals surface area contributed by atoms with Crippen LogP contribution in [0.15, 0.2) is 0 Å². The second-order valence-electron chi connectivity index (χ2n) is 3.97. The van der Waals surface area contributed by atoms with Crippen LogP contribution >= 0.6 is 0 Å². The average Bonchev–Trinajstić information content (AvgIpc) is 2.63. The zero-order valence-electron chi connectivity index (χ0n) is 9.55. The lowest BCUT2D eigenvalue weighted by molar-refractivity contribution is -0.119. The molecule has 1 rings (SSSR count). The Bertz CT molecular complexity index is 185. The molecule has 1 aliphatic heterocycles. The van der Waals surface area contributed by atoms with Crippen molar-refractivity contribution in [1.29, 1.82) is 0 Å². The van der Waals surface area contributed by atoms with Gasteiger partial charge in [0.05, 0.1) is 6.61 Å². The molecule has 88 valence electrons. The van der Waals surface area contributed by atoms with E-state index in [4.69, 9.17) is 4.74 Å². The number of rotatable bonds is 8. The lowest BCUT2D eigenvalue weighted by Crippen LogP contribution is -2.36. The van der Waals surface area contributed by atoms with Crippen LogP contribution in [0.5, 0.6) is 0 Å². The summed E-state index contributed by atoms with van der Waals surface area (Å²) in [6, 6.07) is 0.327. The van der Waals surface area contributed by atoms with E-state index in [9.17, 15) is 4.79 Å². The molecule has 0 aliphatic carbocycles. The van der Waals surface area contributed by atoms with Crippen molar-refractivity contribution in [1.82, 2.24) is 10.6 Å². The molecule has 2 N–H and O–H groups in total. The molecular formula is C11H22N2O2. The predicted molar refractivity (Wildman–Crippen MR) is 59.8 cm³/mol. The zero-order chi connectivity index (χ0) is 10.9. The molecule has 1 heterocycles. The summed E-state index contributed by atoms with van der Waals surface area (Å²) >= 11 is 0. The molecule has 0 bridgehead atoms. The van der Waals surface area contributed by atoms with E-state index < -0.39 is 0 Å². The Morgan fingerprint density at radius 3 is 3.07 bits per heavy atom. The third-order valence-corrected chi connectivity index (χ3v) is 2.54. The highest BCUT2D eigenvalue weighted by Gasteiger charge is 2.19. The van der Waals surface area contributed by atoms with Crippen molar-refractivity contribution < 1.29 is 9.53 Å². The number of hydrogen-bond acceptors (Lipinski definition) is 3. The monoisotopic (exact) mass is 214 g/mol. The van der Waals surface area contributed by atoms with Crippen LogP contribution in [0, 0.1) is 0 Å². The van der Waals surface area contributed by atoms with E-state index in [1.807, 2.05) is 0 Å². The van der Waals surface area contributed by atoms with E-state index in [1.165, 1.54) is 6.42 Å². The molecule has 1 aliphatic rings. The summed E-state index contributed by atoms with van der Waals surface area (Å²) in [7, 11) is 0. The van der Waals surface area contributed by atoms with Crippen molar-refractivity contribution in [2.45, 2.75) is 38.6 Å². The summed E-state index contributed by atoms with van der Waals surface area (Å²) in [6.45, 7) is 5.52. The Labute approximate surface area is 91.8 Å². The smallest absolute Gasteiger partial charge is 0.220 e. The molecule has 1 unspecified atom stereocenters. The van der Waals surface area contributed by atoms with Crippen LogP contribution in [0.3, 0.4) is 0 Å². The third-order valence-electron chi connectivity index (χ3n) is 2.54. The maximum Gasteiger partial charge on any atom is 0.220 e. The molecule has 0 aromatic carbocycles. The highest BCUT2D eigenvalue weighted by molar-refractivity contribution is 5.78. The number of amides is 1. The fraction of sp³-hybridized carbons (Fsp3) is 0.909. The van der Waals surface area contributed by atoms with Crippen LogP contribution in [-0.4, -0.2) is 38.3 Å². The van der Waals surface area contributed by atoms with E-state index in [1.54, 1.807) is 0 Å². The second kappa shape index (κ2) is 7.65. The minimum Gasteiger partial charge on any atom is -0.380 e. The summed E-state index contributed by atoms with van der Waals surface area (Å²) in [4.78, 5) is 10.9. The van der Waals surface area contributed by atoms with Gasteiger partial charge < -0.3 is 15.4 Å². The normalized spacial score (nSPS) is 20.6. The van der Waals surface area contributed by atoms with Gasteiger partial charge in [0.2, 0.25) is 5.91 Å². The van der Waals surface area contributed by atoms with Crippen molar-refractivity contribution >= 4 is 5.91 Å². The SMILES string of the molecule is CCCCOCCNCC1CCC(=O)N1. The van der Waals surface area contributed by atoms with Crippen molar-refractivity contribution in [2.24, 2.45) is 0 Å². The number of ether oxygens (including phenoxy) is 1. The van der Waals surface area contributed by atoms with Crippen molar-refractivity contribution in [2.75, 3.05) is 26.3 Å². The maximum atomic E-state index is 10.9. The van der Waals surface area contributed by atoms with Gasteiger partial charge in [-0.1, -0.05) is 13.3 Å². The third kappa shape index (κ3) is 5.74. The fourth-order valence-electron chi connectivity index (χ4n) is 1.60. The van der Waals surface area contributed by atoms with Crippen LogP contribution < -0.4 is 10.6 Å². The van der Waals surface area contributed by atoms with Gasteiger partial charge in [0.15, 0.2) is 0 Å². The van der Waals surface area contributed by atoms with Gasteiger partial charge in [0.1, 0.15) is 0 Å². The molecule has 15 heavy (non-hydrogen) atoms. The molecule has 0 spiro atoms. The second-order valence-corrected chi connectivity index (χ2v) is 3.97. The molecule has 1 saturated heterocycles. The summed E-state index contributed by atoms with van der Waals surface area (Å²) in [6.07, 6.45) is 3.96. The minimum absolute atomic E-state index is 0.181. The molecule has 4 nitrogen and oxygen atoms in total. The molecule has 0 aromatic heterocycles. The van der Waals surface area contributed by atoms with Crippen LogP contribution in [0.1, 0.15) is 32.6 Å². The predicted octanol–water partition coefficient (Wildman–Crippen LogP) is 0.671. The molecule has 1 amide bonds. The number of unbranched alkanes of at least 4 members (excludes halogenated alkanes) is 1. The Kier molecular flexibility index (Phi) is 6.36. The van der Waals surface area contributed by atoms with Crippen LogP contribution in [0.2, 0.25) is 0 Å².